The largest absolute Gasteiger partial charge is 0.370 e. The van der Waals surface area contributed by atoms with E-state index in [1.807, 2.05) is 36.4 Å². The molecule has 0 aromatic heterocycles. The molecule has 1 aliphatic heterocycles. The number of nitrogens with zero attached hydrogens (tertiary/aromatic N) is 1. The molecule has 32 heavy (non-hydrogen) atoms. The van der Waals surface area contributed by atoms with Crippen LogP contribution in [0.1, 0.15) is 65.9 Å². The Morgan fingerprint density at radius 3 is 2.62 bits per heavy atom. The third kappa shape index (κ3) is 4.85. The SMILES string of the molecule is O=C(NCC1CCC(CN=C2C[C@H]3c4ccc(Cl)cc4CC[C@H]3N2)CC1)c1ccccc1. The van der Waals surface area contributed by atoms with Gasteiger partial charge in [-0.05, 0) is 85.8 Å². The zero-order valence-corrected chi connectivity index (χ0v) is 19.3. The molecule has 2 aliphatic carbocycles. The highest BCUT2D eigenvalue weighted by Crippen LogP contribution is 2.39. The van der Waals surface area contributed by atoms with E-state index in [4.69, 9.17) is 16.6 Å². The van der Waals surface area contributed by atoms with Crippen molar-refractivity contribution in [2.24, 2.45) is 16.8 Å². The minimum atomic E-state index is 0.0387. The summed E-state index contributed by atoms with van der Waals surface area (Å²) in [5.41, 5.74) is 3.62. The summed E-state index contributed by atoms with van der Waals surface area (Å²) in [7, 11) is 0. The number of hydrogen-bond donors (Lipinski definition) is 2. The van der Waals surface area contributed by atoms with Crippen LogP contribution in [0.2, 0.25) is 5.02 Å². The fraction of sp³-hybridized carbons (Fsp3) is 0.481. The highest BCUT2D eigenvalue weighted by atomic mass is 35.5. The number of carbonyl (C=O) groups excluding carboxylic acids is 1. The number of aryl methyl sites for hydroxylation is 1. The molecule has 0 spiro atoms. The number of fused-ring (bicyclic) bond motifs is 3. The van der Waals surface area contributed by atoms with Crippen molar-refractivity contribution in [1.29, 1.82) is 0 Å². The second kappa shape index (κ2) is 9.66. The zero-order valence-electron chi connectivity index (χ0n) is 18.5. The fourth-order valence-corrected chi connectivity index (χ4v) is 5.88. The Bertz CT molecular complexity index is 982. The molecule has 0 unspecified atom stereocenters. The lowest BCUT2D eigenvalue weighted by Crippen LogP contribution is -2.32. The minimum absolute atomic E-state index is 0.0387. The molecule has 0 radical (unpaired) electrons. The van der Waals surface area contributed by atoms with Gasteiger partial charge in [-0.15, -0.1) is 0 Å². The van der Waals surface area contributed by atoms with Gasteiger partial charge in [0.15, 0.2) is 0 Å². The Kier molecular flexibility index (Phi) is 6.49. The number of nitrogens with one attached hydrogen (secondary N) is 2. The summed E-state index contributed by atoms with van der Waals surface area (Å²) in [6, 6.07) is 16.4. The third-order valence-electron chi connectivity index (χ3n) is 7.57. The maximum absolute atomic E-state index is 12.3. The molecule has 2 aromatic rings. The van der Waals surface area contributed by atoms with E-state index in [-0.39, 0.29) is 5.91 Å². The van der Waals surface area contributed by atoms with Gasteiger partial charge in [0, 0.05) is 42.1 Å². The van der Waals surface area contributed by atoms with Crippen LogP contribution < -0.4 is 10.6 Å². The second-order valence-electron chi connectivity index (χ2n) is 9.69. The summed E-state index contributed by atoms with van der Waals surface area (Å²) < 4.78 is 0. The Labute approximate surface area is 195 Å². The maximum atomic E-state index is 12.3. The van der Waals surface area contributed by atoms with E-state index in [1.165, 1.54) is 42.6 Å². The number of hydrogen-bond acceptors (Lipinski definition) is 2. The molecule has 168 valence electrons. The number of amides is 1. The quantitative estimate of drug-likeness (QED) is 0.645. The Morgan fingerprint density at radius 2 is 1.81 bits per heavy atom. The van der Waals surface area contributed by atoms with Gasteiger partial charge in [-0.2, -0.15) is 0 Å². The molecular weight excluding hydrogens is 418 g/mol. The summed E-state index contributed by atoms with van der Waals surface area (Å²) in [5, 5.41) is 7.67. The lowest BCUT2D eigenvalue weighted by Gasteiger charge is -2.28. The van der Waals surface area contributed by atoms with Crippen LogP contribution in [0, 0.1) is 11.8 Å². The van der Waals surface area contributed by atoms with Crippen LogP contribution in [0.3, 0.4) is 0 Å². The lowest BCUT2D eigenvalue weighted by molar-refractivity contribution is 0.0941. The molecule has 1 heterocycles. The molecule has 0 bridgehead atoms. The van der Waals surface area contributed by atoms with Crippen LogP contribution in [-0.4, -0.2) is 30.9 Å². The van der Waals surface area contributed by atoms with Crippen molar-refractivity contribution in [2.45, 2.75) is 56.9 Å². The first-order valence-electron chi connectivity index (χ1n) is 12.1. The number of rotatable bonds is 5. The van der Waals surface area contributed by atoms with E-state index in [2.05, 4.69) is 22.8 Å². The zero-order chi connectivity index (χ0) is 21.9. The minimum Gasteiger partial charge on any atom is -0.370 e. The first-order chi connectivity index (χ1) is 15.7. The van der Waals surface area contributed by atoms with E-state index in [0.717, 1.165) is 42.9 Å². The predicted molar refractivity (Wildman–Crippen MR) is 131 cm³/mol. The van der Waals surface area contributed by atoms with Crippen LogP contribution in [0.5, 0.6) is 0 Å². The molecule has 2 atom stereocenters. The van der Waals surface area contributed by atoms with Gasteiger partial charge in [-0.25, -0.2) is 0 Å². The van der Waals surface area contributed by atoms with Gasteiger partial charge in [0.25, 0.3) is 5.91 Å². The Morgan fingerprint density at radius 1 is 1.03 bits per heavy atom. The van der Waals surface area contributed by atoms with Crippen molar-refractivity contribution in [3.63, 3.8) is 0 Å². The number of amidine groups is 1. The van der Waals surface area contributed by atoms with Crippen LogP contribution in [0.4, 0.5) is 0 Å². The summed E-state index contributed by atoms with van der Waals surface area (Å²) in [6.07, 6.45) is 8.06. The fourth-order valence-electron chi connectivity index (χ4n) is 5.68. The van der Waals surface area contributed by atoms with Crippen LogP contribution >= 0.6 is 11.6 Å². The summed E-state index contributed by atoms with van der Waals surface area (Å²) >= 11 is 6.20. The van der Waals surface area contributed by atoms with E-state index in [1.54, 1.807) is 0 Å². The number of carbonyl (C=O) groups is 1. The first-order valence-corrected chi connectivity index (χ1v) is 12.4. The second-order valence-corrected chi connectivity index (χ2v) is 10.1. The molecule has 1 amide bonds. The normalized spacial score (nSPS) is 28.0. The monoisotopic (exact) mass is 449 g/mol. The van der Waals surface area contributed by atoms with E-state index in [9.17, 15) is 4.79 Å². The van der Waals surface area contributed by atoms with E-state index < -0.39 is 0 Å². The van der Waals surface area contributed by atoms with Crippen molar-refractivity contribution in [3.05, 3.63) is 70.2 Å². The third-order valence-corrected chi connectivity index (χ3v) is 7.81. The topological polar surface area (TPSA) is 53.5 Å². The van der Waals surface area contributed by atoms with Crippen LogP contribution in [0.15, 0.2) is 53.5 Å². The van der Waals surface area contributed by atoms with Crippen molar-refractivity contribution >= 4 is 23.3 Å². The van der Waals surface area contributed by atoms with E-state index in [0.29, 0.717) is 23.8 Å². The number of halogens is 1. The van der Waals surface area contributed by atoms with Crippen LogP contribution in [-0.2, 0) is 6.42 Å². The molecule has 2 fully saturated rings. The highest BCUT2D eigenvalue weighted by molar-refractivity contribution is 6.30. The first kappa shape index (κ1) is 21.5. The summed E-state index contributed by atoms with van der Waals surface area (Å²) in [5.74, 6) is 3.02. The van der Waals surface area contributed by atoms with Gasteiger partial charge in [0.05, 0.1) is 5.84 Å². The smallest absolute Gasteiger partial charge is 0.251 e. The molecule has 4 nitrogen and oxygen atoms in total. The molecule has 1 saturated heterocycles. The standard InChI is InChI=1S/C27H32ClN3O/c28-22-11-12-23-21(14-22)10-13-25-24(23)15-26(31-25)29-16-18-6-8-19(9-7-18)17-30-27(32)20-4-2-1-3-5-20/h1-5,11-12,14,18-19,24-25H,6-10,13,15-17H2,(H,29,31)(H,30,32)/t18?,19?,24-,25+/m0/s1. The van der Waals surface area contributed by atoms with Gasteiger partial charge in [0.2, 0.25) is 0 Å². The van der Waals surface area contributed by atoms with Crippen LogP contribution in [0.25, 0.3) is 0 Å². The lowest BCUT2D eigenvalue weighted by atomic mass is 9.80. The Hall–Kier alpha value is -2.33. The molecule has 1 saturated carbocycles. The summed E-state index contributed by atoms with van der Waals surface area (Å²) in [6.45, 7) is 1.71. The average molecular weight is 450 g/mol. The highest BCUT2D eigenvalue weighted by Gasteiger charge is 2.36. The van der Waals surface area contributed by atoms with Crippen molar-refractivity contribution in [2.75, 3.05) is 13.1 Å². The van der Waals surface area contributed by atoms with E-state index >= 15 is 0 Å². The molecule has 3 aliphatic rings. The van der Waals surface area contributed by atoms with Gasteiger partial charge >= 0.3 is 0 Å². The molecule has 5 heteroatoms. The van der Waals surface area contributed by atoms with Crippen molar-refractivity contribution in [1.82, 2.24) is 10.6 Å². The number of benzene rings is 2. The van der Waals surface area contributed by atoms with Gasteiger partial charge in [-0.1, -0.05) is 35.9 Å². The number of aliphatic imine (C=N–C) groups is 1. The Balaban J connectivity index is 1.08. The average Bonchev–Trinajstić information content (AvgIpc) is 3.26. The predicted octanol–water partition coefficient (Wildman–Crippen LogP) is 5.37. The van der Waals surface area contributed by atoms with Crippen molar-refractivity contribution < 1.29 is 4.79 Å². The molecule has 5 rings (SSSR count). The van der Waals surface area contributed by atoms with Gasteiger partial charge in [0.1, 0.15) is 0 Å². The van der Waals surface area contributed by atoms with Gasteiger partial charge < -0.3 is 10.6 Å². The summed E-state index contributed by atoms with van der Waals surface area (Å²) in [4.78, 5) is 17.3. The molecular formula is C27H32ClN3O. The molecule has 2 aromatic carbocycles. The maximum Gasteiger partial charge on any atom is 0.251 e. The van der Waals surface area contributed by atoms with Crippen molar-refractivity contribution in [3.8, 4) is 0 Å². The van der Waals surface area contributed by atoms with Gasteiger partial charge in [-0.3, -0.25) is 9.79 Å². The molecule has 2 N–H and O–H groups in total.